The maximum atomic E-state index is 5.63. The third-order valence-electron chi connectivity index (χ3n) is 5.59. The summed E-state index contributed by atoms with van der Waals surface area (Å²) >= 11 is 0. The van der Waals surface area contributed by atoms with Crippen molar-refractivity contribution in [2.24, 2.45) is 4.99 Å². The molecule has 0 aliphatic carbocycles. The lowest BCUT2D eigenvalue weighted by Gasteiger charge is -2.34. The summed E-state index contributed by atoms with van der Waals surface area (Å²) in [5.41, 5.74) is 3.50. The van der Waals surface area contributed by atoms with Gasteiger partial charge in [0.1, 0.15) is 5.76 Å². The normalized spacial score (nSPS) is 16.1. The molecule has 2 heterocycles. The van der Waals surface area contributed by atoms with Crippen LogP contribution < -0.4 is 10.6 Å². The van der Waals surface area contributed by atoms with E-state index in [2.05, 4.69) is 63.5 Å². The summed E-state index contributed by atoms with van der Waals surface area (Å²) < 4.78 is 5.63. The molecule has 2 N–H and O–H groups in total. The fraction of sp³-hybridized carbons (Fsp3) is 0.565. The molecule has 0 atom stereocenters. The quantitative estimate of drug-likeness (QED) is 0.513. The van der Waals surface area contributed by atoms with E-state index < -0.39 is 0 Å². The van der Waals surface area contributed by atoms with Gasteiger partial charge in [0.15, 0.2) is 5.96 Å². The smallest absolute Gasteiger partial charge is 0.214 e. The summed E-state index contributed by atoms with van der Waals surface area (Å²) in [7, 11) is 0. The number of oxazole rings is 1. The van der Waals surface area contributed by atoms with Crippen molar-refractivity contribution < 1.29 is 4.42 Å². The van der Waals surface area contributed by atoms with Crippen molar-refractivity contribution in [3.8, 4) is 0 Å². The van der Waals surface area contributed by atoms with Crippen molar-refractivity contribution >= 4 is 5.96 Å². The summed E-state index contributed by atoms with van der Waals surface area (Å²) in [5, 5.41) is 6.57. The van der Waals surface area contributed by atoms with Crippen LogP contribution in [0.4, 0.5) is 0 Å². The number of aromatic nitrogens is 1. The molecule has 7 heteroatoms. The summed E-state index contributed by atoms with van der Waals surface area (Å²) in [6.07, 6.45) is 0. The van der Waals surface area contributed by atoms with Crippen LogP contribution in [-0.4, -0.2) is 60.0 Å². The minimum atomic E-state index is 0.519. The maximum Gasteiger partial charge on any atom is 0.214 e. The highest BCUT2D eigenvalue weighted by molar-refractivity contribution is 5.79. The number of hydrogen-bond acceptors (Lipinski definition) is 5. The zero-order valence-corrected chi connectivity index (χ0v) is 18.9. The molecule has 0 amide bonds. The molecule has 0 bridgehead atoms. The van der Waals surface area contributed by atoms with Crippen LogP contribution in [0.1, 0.15) is 42.3 Å². The number of benzene rings is 1. The molecule has 1 fully saturated rings. The molecule has 2 aromatic rings. The molecule has 1 saturated heterocycles. The Bertz CT molecular complexity index is 786. The van der Waals surface area contributed by atoms with E-state index in [1.54, 1.807) is 0 Å². The van der Waals surface area contributed by atoms with Crippen LogP contribution in [0.25, 0.3) is 0 Å². The number of rotatable bonds is 8. The Morgan fingerprint density at radius 2 is 1.67 bits per heavy atom. The van der Waals surface area contributed by atoms with Gasteiger partial charge in [-0.1, -0.05) is 31.2 Å². The van der Waals surface area contributed by atoms with Crippen LogP contribution in [0.5, 0.6) is 0 Å². The largest absolute Gasteiger partial charge is 0.444 e. The maximum absolute atomic E-state index is 5.63. The van der Waals surface area contributed by atoms with Gasteiger partial charge < -0.3 is 20.0 Å². The minimum Gasteiger partial charge on any atom is -0.444 e. The predicted molar refractivity (Wildman–Crippen MR) is 121 cm³/mol. The molecule has 7 nitrogen and oxygen atoms in total. The van der Waals surface area contributed by atoms with E-state index in [9.17, 15) is 0 Å². The number of aryl methyl sites for hydroxylation is 2. The zero-order chi connectivity index (χ0) is 21.3. The van der Waals surface area contributed by atoms with Crippen molar-refractivity contribution in [3.05, 3.63) is 52.7 Å². The van der Waals surface area contributed by atoms with E-state index in [1.807, 2.05) is 13.8 Å². The molecule has 0 spiro atoms. The summed E-state index contributed by atoms with van der Waals surface area (Å²) in [6.45, 7) is 17.0. The highest BCUT2D eigenvalue weighted by atomic mass is 16.4. The van der Waals surface area contributed by atoms with E-state index in [4.69, 9.17) is 9.41 Å². The van der Waals surface area contributed by atoms with Crippen molar-refractivity contribution in [1.29, 1.82) is 0 Å². The molecule has 0 unspecified atom stereocenters. The lowest BCUT2D eigenvalue weighted by Crippen LogP contribution is -2.45. The van der Waals surface area contributed by atoms with Crippen LogP contribution >= 0.6 is 0 Å². The van der Waals surface area contributed by atoms with Crippen molar-refractivity contribution in [2.45, 2.75) is 47.3 Å². The summed E-state index contributed by atoms with van der Waals surface area (Å²) in [6, 6.07) is 8.84. The molecule has 1 aliphatic rings. The van der Waals surface area contributed by atoms with Crippen LogP contribution in [-0.2, 0) is 19.6 Å². The Kier molecular flexibility index (Phi) is 8.28. The average Bonchev–Trinajstić information content (AvgIpc) is 3.09. The second kappa shape index (κ2) is 11.1. The Balaban J connectivity index is 1.50. The third-order valence-corrected chi connectivity index (χ3v) is 5.59. The summed E-state index contributed by atoms with van der Waals surface area (Å²) in [4.78, 5) is 14.2. The van der Waals surface area contributed by atoms with Gasteiger partial charge in [0, 0.05) is 39.3 Å². The monoisotopic (exact) mass is 412 g/mol. The minimum absolute atomic E-state index is 0.519. The van der Waals surface area contributed by atoms with Crippen molar-refractivity contribution in [1.82, 2.24) is 25.4 Å². The molecule has 0 saturated carbocycles. The molecule has 164 valence electrons. The number of nitrogens with one attached hydrogen (secondary N) is 2. The van der Waals surface area contributed by atoms with E-state index in [-0.39, 0.29) is 0 Å². The van der Waals surface area contributed by atoms with E-state index in [0.717, 1.165) is 50.1 Å². The van der Waals surface area contributed by atoms with Gasteiger partial charge in [0.25, 0.3) is 0 Å². The fourth-order valence-electron chi connectivity index (χ4n) is 3.56. The Morgan fingerprint density at radius 1 is 1.00 bits per heavy atom. The molecule has 0 radical (unpaired) electrons. The van der Waals surface area contributed by atoms with Crippen LogP contribution in [0.2, 0.25) is 0 Å². The second-order valence-electron chi connectivity index (χ2n) is 7.82. The molecule has 1 aromatic carbocycles. The lowest BCUT2D eigenvalue weighted by atomic mass is 10.1. The van der Waals surface area contributed by atoms with Gasteiger partial charge >= 0.3 is 0 Å². The predicted octanol–water partition coefficient (Wildman–Crippen LogP) is 2.68. The summed E-state index contributed by atoms with van der Waals surface area (Å²) in [5.74, 6) is 2.31. The topological polar surface area (TPSA) is 68.9 Å². The van der Waals surface area contributed by atoms with Crippen molar-refractivity contribution in [3.63, 3.8) is 0 Å². The first kappa shape index (κ1) is 22.3. The Labute approximate surface area is 180 Å². The molecule has 1 aromatic heterocycles. The van der Waals surface area contributed by atoms with Crippen LogP contribution in [0.15, 0.2) is 33.7 Å². The zero-order valence-electron chi connectivity index (χ0n) is 18.9. The van der Waals surface area contributed by atoms with Gasteiger partial charge in [0.05, 0.1) is 18.8 Å². The van der Waals surface area contributed by atoms with Gasteiger partial charge in [-0.2, -0.15) is 0 Å². The van der Waals surface area contributed by atoms with E-state index in [1.165, 1.54) is 24.2 Å². The number of likely N-dealkylation sites (N-methyl/N-ethyl adjacent to an activating group) is 1. The Hall–Kier alpha value is -2.38. The molecule has 1 aliphatic heterocycles. The van der Waals surface area contributed by atoms with Gasteiger partial charge in [-0.25, -0.2) is 9.98 Å². The first-order chi connectivity index (χ1) is 14.6. The first-order valence-corrected chi connectivity index (χ1v) is 11.0. The SMILES string of the molecule is CCNC(=NCc1ccc(CN2CCN(CC)CC2)cc1)NCc1nc(C)c(C)o1. The number of guanidine groups is 1. The van der Waals surface area contributed by atoms with Gasteiger partial charge in [0.2, 0.25) is 5.89 Å². The van der Waals surface area contributed by atoms with Gasteiger partial charge in [-0.15, -0.1) is 0 Å². The van der Waals surface area contributed by atoms with Gasteiger partial charge in [-0.3, -0.25) is 4.90 Å². The molecular weight excluding hydrogens is 376 g/mol. The fourth-order valence-corrected chi connectivity index (χ4v) is 3.56. The van der Waals surface area contributed by atoms with Gasteiger partial charge in [-0.05, 0) is 38.4 Å². The van der Waals surface area contributed by atoms with E-state index >= 15 is 0 Å². The lowest BCUT2D eigenvalue weighted by molar-refractivity contribution is 0.132. The third kappa shape index (κ3) is 6.57. The molecular formula is C23H36N6O. The molecule has 30 heavy (non-hydrogen) atoms. The highest BCUT2D eigenvalue weighted by Gasteiger charge is 2.15. The molecule has 3 rings (SSSR count). The number of nitrogens with zero attached hydrogens (tertiary/aromatic N) is 4. The number of hydrogen-bond donors (Lipinski definition) is 2. The highest BCUT2D eigenvalue weighted by Crippen LogP contribution is 2.11. The van der Waals surface area contributed by atoms with Crippen LogP contribution in [0, 0.1) is 13.8 Å². The number of aliphatic imine (C=N–C) groups is 1. The van der Waals surface area contributed by atoms with E-state index in [0.29, 0.717) is 19.0 Å². The standard InChI is InChI=1S/C23H36N6O/c1-5-24-23(26-16-22-27-18(3)19(4)30-22)25-15-20-7-9-21(10-8-20)17-29-13-11-28(6-2)12-14-29/h7-10H,5-6,11-17H2,1-4H3,(H2,24,25,26). The number of piperazine rings is 1. The first-order valence-electron chi connectivity index (χ1n) is 11.0. The van der Waals surface area contributed by atoms with Crippen molar-refractivity contribution in [2.75, 3.05) is 39.3 Å². The van der Waals surface area contributed by atoms with Crippen LogP contribution in [0.3, 0.4) is 0 Å². The second-order valence-corrected chi connectivity index (χ2v) is 7.82. The Morgan fingerprint density at radius 3 is 2.27 bits per heavy atom. The average molecular weight is 413 g/mol.